The lowest BCUT2D eigenvalue weighted by atomic mass is 10.2. The summed E-state index contributed by atoms with van der Waals surface area (Å²) in [6.07, 6.45) is 2.15. The molecule has 0 bridgehead atoms. The molecule has 0 fully saturated rings. The summed E-state index contributed by atoms with van der Waals surface area (Å²) in [6.45, 7) is 0.752. The topological polar surface area (TPSA) is 134 Å². The zero-order valence-corrected chi connectivity index (χ0v) is 11.5. The van der Waals surface area contributed by atoms with Crippen LogP contribution in [0, 0.1) is 0 Å². The minimum Gasteiger partial charge on any atom is -0.478 e. The molecule has 0 aromatic carbocycles. The van der Waals surface area contributed by atoms with Gasteiger partial charge >= 0.3 is 5.97 Å². The number of carbonyl (C=O) groups is 3. The molecular weight excluding hydrogens is 276 g/mol. The number of aromatic nitrogens is 1. The summed E-state index contributed by atoms with van der Waals surface area (Å²) in [5.74, 6) is -1.63. The van der Waals surface area contributed by atoms with Crippen LogP contribution in [0.3, 0.4) is 0 Å². The number of primary amides is 1. The van der Waals surface area contributed by atoms with Crippen LogP contribution in [0.2, 0.25) is 0 Å². The van der Waals surface area contributed by atoms with Crippen molar-refractivity contribution < 1.29 is 19.5 Å². The van der Waals surface area contributed by atoms with Gasteiger partial charge in [0.1, 0.15) is 0 Å². The van der Waals surface area contributed by atoms with E-state index in [4.69, 9.17) is 10.8 Å². The van der Waals surface area contributed by atoms with Gasteiger partial charge < -0.3 is 21.5 Å². The summed E-state index contributed by atoms with van der Waals surface area (Å²) in [7, 11) is 0. The Bertz CT molecular complexity index is 519. The molecule has 0 aliphatic carbocycles. The molecule has 0 saturated carbocycles. The number of nitrogens with one attached hydrogen (secondary N) is 2. The van der Waals surface area contributed by atoms with Crippen molar-refractivity contribution >= 4 is 17.8 Å². The van der Waals surface area contributed by atoms with Crippen molar-refractivity contribution in [2.45, 2.75) is 19.4 Å². The van der Waals surface area contributed by atoms with Gasteiger partial charge in [-0.15, -0.1) is 0 Å². The second-order valence-corrected chi connectivity index (χ2v) is 4.36. The Labute approximate surface area is 121 Å². The minimum atomic E-state index is -1.02. The second kappa shape index (κ2) is 8.64. The average Bonchev–Trinajstić information content (AvgIpc) is 2.44. The number of aromatic carboxylic acids is 1. The molecule has 0 radical (unpaired) electrons. The van der Waals surface area contributed by atoms with Crippen molar-refractivity contribution in [2.75, 3.05) is 13.1 Å². The predicted molar refractivity (Wildman–Crippen MR) is 74.3 cm³/mol. The number of nitrogens with two attached hydrogens (primary N) is 1. The molecule has 21 heavy (non-hydrogen) atoms. The van der Waals surface area contributed by atoms with Crippen molar-refractivity contribution in [3.8, 4) is 0 Å². The maximum absolute atomic E-state index is 11.4. The maximum Gasteiger partial charge on any atom is 0.335 e. The van der Waals surface area contributed by atoms with E-state index < -0.39 is 11.9 Å². The highest BCUT2D eigenvalue weighted by atomic mass is 16.4. The lowest BCUT2D eigenvalue weighted by molar-refractivity contribution is -0.121. The number of carboxylic acids is 1. The van der Waals surface area contributed by atoms with Crippen LogP contribution in [0.15, 0.2) is 18.3 Å². The van der Waals surface area contributed by atoms with Crippen LogP contribution in [0.25, 0.3) is 0 Å². The van der Waals surface area contributed by atoms with Crippen LogP contribution in [0.5, 0.6) is 0 Å². The lowest BCUT2D eigenvalue weighted by Gasteiger charge is -2.06. The SMILES string of the molecule is NC(=O)CCCNC(=O)CNCc1cc(C(=O)O)ccn1. The third-order valence-corrected chi connectivity index (χ3v) is 2.58. The molecule has 8 nitrogen and oxygen atoms in total. The van der Waals surface area contributed by atoms with Gasteiger partial charge in [-0.1, -0.05) is 0 Å². The van der Waals surface area contributed by atoms with Gasteiger partial charge in [-0.3, -0.25) is 14.6 Å². The Kier molecular flexibility index (Phi) is 6.82. The van der Waals surface area contributed by atoms with Gasteiger partial charge in [0.15, 0.2) is 0 Å². The third-order valence-electron chi connectivity index (χ3n) is 2.58. The Hall–Kier alpha value is -2.48. The number of carboxylic acid groups (broad SMARTS) is 1. The Morgan fingerprint density at radius 3 is 2.76 bits per heavy atom. The summed E-state index contributed by atoms with van der Waals surface area (Å²) in [6, 6.07) is 2.84. The van der Waals surface area contributed by atoms with E-state index in [0.717, 1.165) is 0 Å². The maximum atomic E-state index is 11.4. The first-order valence-electron chi connectivity index (χ1n) is 6.43. The molecule has 2 amide bonds. The zero-order valence-electron chi connectivity index (χ0n) is 11.5. The van der Waals surface area contributed by atoms with Crippen molar-refractivity contribution in [2.24, 2.45) is 5.73 Å². The molecule has 8 heteroatoms. The van der Waals surface area contributed by atoms with Crippen LogP contribution in [-0.2, 0) is 16.1 Å². The predicted octanol–water partition coefficient (Wildman–Crippen LogP) is -0.749. The highest BCUT2D eigenvalue weighted by Gasteiger charge is 2.05. The van der Waals surface area contributed by atoms with Gasteiger partial charge in [0.25, 0.3) is 0 Å². The van der Waals surface area contributed by atoms with E-state index in [2.05, 4.69) is 15.6 Å². The first kappa shape index (κ1) is 16.6. The van der Waals surface area contributed by atoms with Gasteiger partial charge in [-0.05, 0) is 18.6 Å². The zero-order chi connectivity index (χ0) is 15.7. The molecule has 1 aromatic heterocycles. The van der Waals surface area contributed by atoms with E-state index in [1.165, 1.54) is 18.3 Å². The molecule has 1 aromatic rings. The van der Waals surface area contributed by atoms with Crippen LogP contribution in [-0.4, -0.2) is 41.0 Å². The standard InChI is InChI=1S/C13H18N4O4/c14-11(18)2-1-4-17-12(19)8-15-7-10-6-9(13(20)21)3-5-16-10/h3,5-6,15H,1-2,4,7-8H2,(H2,14,18)(H,17,19)(H,20,21). The number of nitrogens with zero attached hydrogens (tertiary/aromatic N) is 1. The van der Waals surface area contributed by atoms with E-state index in [1.54, 1.807) is 0 Å². The molecule has 0 aliphatic heterocycles. The number of amides is 2. The lowest BCUT2D eigenvalue weighted by Crippen LogP contribution is -2.34. The van der Waals surface area contributed by atoms with Gasteiger partial charge in [-0.2, -0.15) is 0 Å². The monoisotopic (exact) mass is 294 g/mol. The summed E-state index contributed by atoms with van der Waals surface area (Å²) in [5, 5.41) is 14.3. The Balaban J connectivity index is 2.23. The van der Waals surface area contributed by atoms with Gasteiger partial charge in [-0.25, -0.2) is 4.79 Å². The number of rotatable bonds is 9. The number of hydrogen-bond acceptors (Lipinski definition) is 5. The number of carbonyl (C=O) groups excluding carboxylic acids is 2. The molecule has 0 saturated heterocycles. The van der Waals surface area contributed by atoms with Gasteiger partial charge in [0.2, 0.25) is 11.8 Å². The van der Waals surface area contributed by atoms with E-state index in [1.807, 2.05) is 0 Å². The third kappa shape index (κ3) is 7.02. The summed E-state index contributed by atoms with van der Waals surface area (Å²) >= 11 is 0. The highest BCUT2D eigenvalue weighted by Crippen LogP contribution is 2.01. The van der Waals surface area contributed by atoms with E-state index in [9.17, 15) is 14.4 Å². The molecule has 1 rings (SSSR count). The van der Waals surface area contributed by atoms with Gasteiger partial charge in [0, 0.05) is 25.7 Å². The molecule has 0 aliphatic rings. The highest BCUT2D eigenvalue weighted by molar-refractivity contribution is 5.87. The smallest absolute Gasteiger partial charge is 0.335 e. The van der Waals surface area contributed by atoms with E-state index in [-0.39, 0.29) is 31.0 Å². The largest absolute Gasteiger partial charge is 0.478 e. The molecule has 114 valence electrons. The van der Waals surface area contributed by atoms with E-state index >= 15 is 0 Å². The number of pyridine rings is 1. The van der Waals surface area contributed by atoms with Crippen molar-refractivity contribution in [1.82, 2.24) is 15.6 Å². The molecule has 1 heterocycles. The van der Waals surface area contributed by atoms with Crippen molar-refractivity contribution in [1.29, 1.82) is 0 Å². The van der Waals surface area contributed by atoms with Crippen molar-refractivity contribution in [3.05, 3.63) is 29.6 Å². The van der Waals surface area contributed by atoms with Crippen LogP contribution in [0.4, 0.5) is 0 Å². The molecule has 0 spiro atoms. The number of hydrogen-bond donors (Lipinski definition) is 4. The minimum absolute atomic E-state index is 0.0789. The van der Waals surface area contributed by atoms with Crippen LogP contribution < -0.4 is 16.4 Å². The van der Waals surface area contributed by atoms with Crippen molar-refractivity contribution in [3.63, 3.8) is 0 Å². The fourth-order valence-corrected chi connectivity index (χ4v) is 1.56. The van der Waals surface area contributed by atoms with E-state index in [0.29, 0.717) is 18.7 Å². The summed E-state index contributed by atoms with van der Waals surface area (Å²) in [4.78, 5) is 36.7. The fraction of sp³-hybridized carbons (Fsp3) is 0.385. The Morgan fingerprint density at radius 1 is 1.33 bits per heavy atom. The molecular formula is C13H18N4O4. The Morgan fingerprint density at radius 2 is 2.10 bits per heavy atom. The summed E-state index contributed by atoms with van der Waals surface area (Å²) < 4.78 is 0. The second-order valence-electron chi connectivity index (χ2n) is 4.36. The fourth-order valence-electron chi connectivity index (χ4n) is 1.56. The first-order chi connectivity index (χ1) is 9.99. The molecule has 0 atom stereocenters. The molecule has 0 unspecified atom stereocenters. The summed E-state index contributed by atoms with van der Waals surface area (Å²) in [5.41, 5.74) is 5.66. The molecule has 5 N–H and O–H groups in total. The van der Waals surface area contributed by atoms with Crippen LogP contribution in [0.1, 0.15) is 28.9 Å². The normalized spacial score (nSPS) is 10.1. The quantitative estimate of drug-likeness (QED) is 0.443. The first-order valence-corrected chi connectivity index (χ1v) is 6.43. The van der Waals surface area contributed by atoms with Gasteiger partial charge in [0.05, 0.1) is 17.8 Å². The average molecular weight is 294 g/mol. The van der Waals surface area contributed by atoms with Crippen LogP contribution >= 0.6 is 0 Å².